The molecule has 0 aliphatic heterocycles. The Hall–Kier alpha value is -5.25. The minimum Gasteiger partial charge on any atom is -0.503 e. The van der Waals surface area contributed by atoms with Crippen LogP contribution in [0, 0.1) is 12.1 Å². The zero-order valence-corrected chi connectivity index (χ0v) is 30.5. The second-order valence-electron chi connectivity index (χ2n) is 13.3. The number of aromatic nitrogens is 4. The van der Waals surface area contributed by atoms with Crippen LogP contribution < -0.4 is 4.74 Å². The van der Waals surface area contributed by atoms with E-state index < -0.39 is 0 Å². The summed E-state index contributed by atoms with van der Waals surface area (Å²) in [4.78, 5) is 9.52. The van der Waals surface area contributed by atoms with Crippen molar-refractivity contribution in [1.29, 1.82) is 0 Å². The van der Waals surface area contributed by atoms with Crippen LogP contribution in [0.25, 0.3) is 66.1 Å². The fraction of sp³-hybridized carbons (Fsp3) is 0.136. The second kappa shape index (κ2) is 12.6. The van der Waals surface area contributed by atoms with Crippen molar-refractivity contribution in [2.75, 3.05) is 0 Å². The van der Waals surface area contributed by atoms with Gasteiger partial charge in [0.2, 0.25) is 0 Å². The quantitative estimate of drug-likeness (QED) is 0.124. The molecule has 5 nitrogen and oxygen atoms in total. The molecule has 0 bridgehead atoms. The van der Waals surface area contributed by atoms with E-state index in [1.165, 1.54) is 22.3 Å². The van der Waals surface area contributed by atoms with E-state index in [9.17, 15) is 0 Å². The maximum absolute atomic E-state index is 6.51. The van der Waals surface area contributed by atoms with Crippen molar-refractivity contribution in [2.24, 2.45) is 0 Å². The fourth-order valence-electron chi connectivity index (χ4n) is 7.46. The summed E-state index contributed by atoms with van der Waals surface area (Å²) in [6.45, 7) is 9.11. The van der Waals surface area contributed by atoms with Crippen LogP contribution in [0.5, 0.6) is 11.5 Å². The molecule has 9 rings (SSSR count). The van der Waals surface area contributed by atoms with Crippen molar-refractivity contribution in [3.05, 3.63) is 145 Å². The molecule has 0 saturated carbocycles. The van der Waals surface area contributed by atoms with Crippen LogP contribution in [0.2, 0.25) is 0 Å². The molecule has 0 saturated heterocycles. The Morgan fingerprint density at radius 1 is 0.620 bits per heavy atom. The molecule has 246 valence electrons. The molecule has 9 aromatic rings. The number of ether oxygens (including phenoxy) is 1. The summed E-state index contributed by atoms with van der Waals surface area (Å²) in [5, 5.41) is 5.40. The van der Waals surface area contributed by atoms with Gasteiger partial charge in [0.15, 0.2) is 0 Å². The van der Waals surface area contributed by atoms with E-state index in [1.54, 1.807) is 0 Å². The standard InChI is InChI=1S/C44H34N4O.Pt/c1-27(2)31-12-9-13-32(28(3)4)42(31)37-15-10-14-36-33-20-18-29(25-38(33)44-46-23-24-47(44)43(36)37)49-30-19-21-35-34-11-5-6-16-39(34)48(40(35)26-30)41-17-7-8-22-45-41;/h5-24,27-28H,1-4H3;/q-2;+2. The van der Waals surface area contributed by atoms with Crippen molar-refractivity contribution < 1.29 is 25.8 Å². The number of nitrogens with zero attached hydrogens (tertiary/aromatic N) is 4. The largest absolute Gasteiger partial charge is 2.00 e. The molecule has 0 N–H and O–H groups in total. The summed E-state index contributed by atoms with van der Waals surface area (Å²) in [6, 6.07) is 43.1. The van der Waals surface area contributed by atoms with Crippen LogP contribution in [0.15, 0.2) is 122 Å². The second-order valence-corrected chi connectivity index (χ2v) is 13.3. The molecule has 0 fully saturated rings. The summed E-state index contributed by atoms with van der Waals surface area (Å²) < 4.78 is 10.9. The molecule has 0 spiro atoms. The number of pyridine rings is 2. The summed E-state index contributed by atoms with van der Waals surface area (Å²) >= 11 is 0. The minimum absolute atomic E-state index is 0. The number of imidazole rings is 1. The first-order valence-electron chi connectivity index (χ1n) is 16.9. The van der Waals surface area contributed by atoms with Crippen molar-refractivity contribution in [2.45, 2.75) is 39.5 Å². The van der Waals surface area contributed by atoms with Crippen LogP contribution in [-0.4, -0.2) is 18.9 Å². The number of hydrogen-bond acceptors (Lipinski definition) is 3. The molecule has 4 aromatic heterocycles. The average molecular weight is 830 g/mol. The van der Waals surface area contributed by atoms with Gasteiger partial charge in [-0.1, -0.05) is 111 Å². The predicted octanol–water partition coefficient (Wildman–Crippen LogP) is 11.4. The van der Waals surface area contributed by atoms with Gasteiger partial charge >= 0.3 is 21.1 Å². The Balaban J connectivity index is 0.00000361. The smallest absolute Gasteiger partial charge is 0.503 e. The van der Waals surface area contributed by atoms with Crippen molar-refractivity contribution in [1.82, 2.24) is 18.9 Å². The third kappa shape index (κ3) is 5.03. The molecule has 0 amide bonds. The topological polar surface area (TPSA) is 44.3 Å². The van der Waals surface area contributed by atoms with Crippen LogP contribution in [0.4, 0.5) is 0 Å². The summed E-state index contributed by atoms with van der Waals surface area (Å²) in [5.41, 5.74) is 9.26. The van der Waals surface area contributed by atoms with Gasteiger partial charge in [-0.05, 0) is 57.5 Å². The normalized spacial score (nSPS) is 11.8. The first kappa shape index (κ1) is 32.0. The zero-order valence-electron chi connectivity index (χ0n) is 28.2. The fourth-order valence-corrected chi connectivity index (χ4v) is 7.46. The monoisotopic (exact) mass is 829 g/mol. The van der Waals surface area contributed by atoms with Gasteiger partial charge in [0.05, 0.1) is 5.65 Å². The zero-order chi connectivity index (χ0) is 33.2. The van der Waals surface area contributed by atoms with E-state index in [0.29, 0.717) is 23.3 Å². The number of benzene rings is 5. The predicted molar refractivity (Wildman–Crippen MR) is 200 cm³/mol. The maximum atomic E-state index is 6.51. The molecule has 0 atom stereocenters. The molecular formula is C44H34N4OPt. The molecule has 5 aromatic carbocycles. The first-order chi connectivity index (χ1) is 24.0. The van der Waals surface area contributed by atoms with E-state index in [1.807, 2.05) is 42.7 Å². The van der Waals surface area contributed by atoms with Crippen molar-refractivity contribution >= 4 is 49.1 Å². The molecular weight excluding hydrogens is 796 g/mol. The van der Waals surface area contributed by atoms with E-state index in [0.717, 1.165) is 54.9 Å². The van der Waals surface area contributed by atoms with Gasteiger partial charge in [-0.3, -0.25) is 4.98 Å². The number of para-hydroxylation sites is 2. The van der Waals surface area contributed by atoms with Gasteiger partial charge in [0, 0.05) is 46.7 Å². The number of rotatable bonds is 6. The first-order valence-corrected chi connectivity index (χ1v) is 16.9. The van der Waals surface area contributed by atoms with E-state index >= 15 is 0 Å². The number of hydrogen-bond donors (Lipinski definition) is 0. The molecule has 0 aliphatic rings. The van der Waals surface area contributed by atoms with Crippen molar-refractivity contribution in [3.8, 4) is 28.4 Å². The molecule has 50 heavy (non-hydrogen) atoms. The van der Waals surface area contributed by atoms with Crippen LogP contribution in [-0.2, 0) is 21.1 Å². The van der Waals surface area contributed by atoms with Gasteiger partial charge < -0.3 is 13.7 Å². The van der Waals surface area contributed by atoms with Crippen LogP contribution in [0.3, 0.4) is 0 Å². The van der Waals surface area contributed by atoms with Crippen LogP contribution in [0.1, 0.15) is 50.7 Å². The summed E-state index contributed by atoms with van der Waals surface area (Å²) in [7, 11) is 0. The van der Waals surface area contributed by atoms with Crippen molar-refractivity contribution in [3.63, 3.8) is 0 Å². The molecule has 0 unspecified atom stereocenters. The maximum Gasteiger partial charge on any atom is 2.00 e. The van der Waals surface area contributed by atoms with Gasteiger partial charge in [0.1, 0.15) is 5.82 Å². The Bertz CT molecular complexity index is 2680. The summed E-state index contributed by atoms with van der Waals surface area (Å²) in [6.07, 6.45) is 5.76. The van der Waals surface area contributed by atoms with E-state index in [-0.39, 0.29) is 21.1 Å². The Kier molecular flexibility index (Phi) is 8.04. The van der Waals surface area contributed by atoms with E-state index in [2.05, 4.69) is 133 Å². The van der Waals surface area contributed by atoms with Gasteiger partial charge in [-0.15, -0.1) is 29.7 Å². The Morgan fingerprint density at radius 3 is 2.08 bits per heavy atom. The van der Waals surface area contributed by atoms with Gasteiger partial charge in [-0.25, -0.2) is 4.98 Å². The SMILES string of the molecule is CC(C)c1cccc(C(C)C)c1-c1cccc2c3ccc(Oc4[c-]c5c(cc4)c4ccccc4n5-c4ccccn4)[c-]c3c3nccn3c12.[Pt+2]. The summed E-state index contributed by atoms with van der Waals surface area (Å²) in [5.74, 6) is 2.83. The van der Waals surface area contributed by atoms with Crippen LogP contribution >= 0.6 is 0 Å². The van der Waals surface area contributed by atoms with Gasteiger partial charge in [0.25, 0.3) is 0 Å². The molecule has 4 heterocycles. The minimum atomic E-state index is 0. The Labute approximate surface area is 305 Å². The Morgan fingerprint density at radius 2 is 1.32 bits per heavy atom. The third-order valence-electron chi connectivity index (χ3n) is 9.65. The molecule has 0 radical (unpaired) electrons. The third-order valence-corrected chi connectivity index (χ3v) is 9.65. The van der Waals surface area contributed by atoms with Gasteiger partial charge in [-0.2, -0.15) is 6.07 Å². The number of fused-ring (bicyclic) bond motifs is 9. The molecule has 0 aliphatic carbocycles. The molecule has 6 heteroatoms. The average Bonchev–Trinajstić information content (AvgIpc) is 3.75. The van der Waals surface area contributed by atoms with E-state index in [4.69, 9.17) is 9.72 Å².